The predicted octanol–water partition coefficient (Wildman–Crippen LogP) is -0.273. The minimum Gasteiger partial charge on any atom is -0.311 e. The van der Waals surface area contributed by atoms with Crippen LogP contribution in [0.15, 0.2) is 29.6 Å². The Hall–Kier alpha value is -2.08. The van der Waals surface area contributed by atoms with Crippen LogP contribution in [0.4, 0.5) is 0 Å². The van der Waals surface area contributed by atoms with Crippen molar-refractivity contribution in [1.82, 2.24) is 24.8 Å². The summed E-state index contributed by atoms with van der Waals surface area (Å²) in [6.07, 6.45) is 5.65. The van der Waals surface area contributed by atoms with Gasteiger partial charge >= 0.3 is 0 Å². The molecule has 0 spiro atoms. The number of hydrogen-bond donors (Lipinski definition) is 1. The molecule has 2 aromatic heterocycles. The first kappa shape index (κ1) is 11.0. The SMILES string of the molecule is O=c1c2c(ncn1Cc1ncccn1)CNCC2. The second-order valence-electron chi connectivity index (χ2n) is 4.19. The molecular weight excluding hydrogens is 230 g/mol. The summed E-state index contributed by atoms with van der Waals surface area (Å²) in [6.45, 7) is 1.87. The predicted molar refractivity (Wildman–Crippen MR) is 65.0 cm³/mol. The fraction of sp³-hybridized carbons (Fsp3) is 0.333. The van der Waals surface area contributed by atoms with E-state index in [2.05, 4.69) is 20.3 Å². The third-order valence-corrected chi connectivity index (χ3v) is 3.00. The van der Waals surface area contributed by atoms with Crippen LogP contribution in [0.1, 0.15) is 17.1 Å². The van der Waals surface area contributed by atoms with Gasteiger partial charge in [-0.1, -0.05) is 0 Å². The standard InChI is InChI=1S/C12H13N5O/c18-12-9-2-5-13-6-10(9)16-8-17(12)7-11-14-3-1-4-15-11/h1,3-4,8,13H,2,5-7H2. The minimum atomic E-state index is 0.0222. The second-order valence-corrected chi connectivity index (χ2v) is 4.19. The molecule has 0 bridgehead atoms. The average Bonchev–Trinajstić information content (AvgIpc) is 2.43. The summed E-state index contributed by atoms with van der Waals surface area (Å²) in [5, 5.41) is 3.20. The van der Waals surface area contributed by atoms with Crippen LogP contribution in [-0.4, -0.2) is 26.1 Å². The maximum Gasteiger partial charge on any atom is 0.257 e. The van der Waals surface area contributed by atoms with Crippen molar-refractivity contribution < 1.29 is 0 Å². The van der Waals surface area contributed by atoms with Crippen LogP contribution >= 0.6 is 0 Å². The van der Waals surface area contributed by atoms with Gasteiger partial charge in [0.05, 0.1) is 18.6 Å². The quantitative estimate of drug-likeness (QED) is 0.786. The lowest BCUT2D eigenvalue weighted by Gasteiger charge is -2.16. The molecule has 1 N–H and O–H groups in total. The van der Waals surface area contributed by atoms with Crippen molar-refractivity contribution in [1.29, 1.82) is 0 Å². The molecule has 18 heavy (non-hydrogen) atoms. The molecule has 6 nitrogen and oxygen atoms in total. The van der Waals surface area contributed by atoms with E-state index in [1.54, 1.807) is 29.4 Å². The molecule has 0 saturated heterocycles. The third kappa shape index (κ3) is 2.02. The third-order valence-electron chi connectivity index (χ3n) is 3.00. The molecule has 6 heteroatoms. The Balaban J connectivity index is 1.96. The highest BCUT2D eigenvalue weighted by atomic mass is 16.1. The van der Waals surface area contributed by atoms with Gasteiger partial charge in [-0.3, -0.25) is 9.36 Å². The van der Waals surface area contributed by atoms with E-state index in [0.717, 1.165) is 24.2 Å². The molecule has 0 amide bonds. The van der Waals surface area contributed by atoms with Gasteiger partial charge in [-0.15, -0.1) is 0 Å². The zero-order valence-corrected chi connectivity index (χ0v) is 9.83. The lowest BCUT2D eigenvalue weighted by molar-refractivity contribution is 0.591. The maximum atomic E-state index is 12.3. The molecule has 0 saturated carbocycles. The van der Waals surface area contributed by atoms with E-state index in [0.29, 0.717) is 18.9 Å². The topological polar surface area (TPSA) is 72.7 Å². The second kappa shape index (κ2) is 4.66. The molecule has 3 rings (SSSR count). The van der Waals surface area contributed by atoms with E-state index < -0.39 is 0 Å². The van der Waals surface area contributed by atoms with Crippen LogP contribution in [0.5, 0.6) is 0 Å². The Morgan fingerprint density at radius 3 is 2.94 bits per heavy atom. The number of fused-ring (bicyclic) bond motifs is 1. The van der Waals surface area contributed by atoms with E-state index in [9.17, 15) is 4.79 Å². The van der Waals surface area contributed by atoms with Gasteiger partial charge < -0.3 is 5.32 Å². The number of hydrogen-bond acceptors (Lipinski definition) is 5. The molecule has 0 unspecified atom stereocenters. The zero-order chi connectivity index (χ0) is 12.4. The highest BCUT2D eigenvalue weighted by Gasteiger charge is 2.15. The first-order chi connectivity index (χ1) is 8.84. The van der Waals surface area contributed by atoms with E-state index in [1.807, 2.05) is 0 Å². The molecule has 0 atom stereocenters. The molecule has 0 fully saturated rings. The van der Waals surface area contributed by atoms with Crippen LogP contribution in [-0.2, 0) is 19.5 Å². The Labute approximate surface area is 104 Å². The van der Waals surface area contributed by atoms with Gasteiger partial charge in [-0.2, -0.15) is 0 Å². The number of rotatable bonds is 2. The number of aromatic nitrogens is 4. The molecule has 0 radical (unpaired) electrons. The first-order valence-corrected chi connectivity index (χ1v) is 5.88. The van der Waals surface area contributed by atoms with Crippen molar-refractivity contribution in [3.8, 4) is 0 Å². The highest BCUT2D eigenvalue weighted by molar-refractivity contribution is 5.19. The van der Waals surface area contributed by atoms with E-state index in [1.165, 1.54) is 0 Å². The molecule has 1 aliphatic rings. The van der Waals surface area contributed by atoms with E-state index >= 15 is 0 Å². The highest BCUT2D eigenvalue weighted by Crippen LogP contribution is 2.05. The monoisotopic (exact) mass is 243 g/mol. The largest absolute Gasteiger partial charge is 0.311 e. The molecule has 2 aromatic rings. The smallest absolute Gasteiger partial charge is 0.257 e. The van der Waals surface area contributed by atoms with Crippen molar-refractivity contribution >= 4 is 0 Å². The Morgan fingerprint density at radius 2 is 2.11 bits per heavy atom. The van der Waals surface area contributed by atoms with E-state index in [-0.39, 0.29) is 5.56 Å². The average molecular weight is 243 g/mol. The fourth-order valence-corrected chi connectivity index (χ4v) is 2.07. The van der Waals surface area contributed by atoms with Gasteiger partial charge in [0.25, 0.3) is 5.56 Å². The molecule has 3 heterocycles. The fourth-order valence-electron chi connectivity index (χ4n) is 2.07. The van der Waals surface area contributed by atoms with Crippen LogP contribution in [0.2, 0.25) is 0 Å². The summed E-state index contributed by atoms with van der Waals surface area (Å²) in [4.78, 5) is 24.8. The van der Waals surface area contributed by atoms with Crippen molar-refractivity contribution in [3.63, 3.8) is 0 Å². The van der Waals surface area contributed by atoms with Crippen molar-refractivity contribution in [3.05, 3.63) is 52.2 Å². The molecule has 92 valence electrons. The summed E-state index contributed by atoms with van der Waals surface area (Å²) >= 11 is 0. The van der Waals surface area contributed by atoms with Crippen LogP contribution in [0.3, 0.4) is 0 Å². The molecular formula is C12H13N5O. The minimum absolute atomic E-state index is 0.0222. The normalized spacial score (nSPS) is 14.2. The number of nitrogens with zero attached hydrogens (tertiary/aromatic N) is 4. The van der Waals surface area contributed by atoms with Crippen LogP contribution in [0, 0.1) is 0 Å². The summed E-state index contributed by atoms with van der Waals surface area (Å²) in [5.74, 6) is 0.621. The Kier molecular flexibility index (Phi) is 2.85. The summed E-state index contributed by atoms with van der Waals surface area (Å²) in [6, 6.07) is 1.75. The van der Waals surface area contributed by atoms with Crippen LogP contribution in [0.25, 0.3) is 0 Å². The van der Waals surface area contributed by atoms with Gasteiger partial charge in [-0.05, 0) is 19.0 Å². The summed E-state index contributed by atoms with van der Waals surface area (Å²) < 4.78 is 1.57. The lowest BCUT2D eigenvalue weighted by atomic mass is 10.1. The first-order valence-electron chi connectivity index (χ1n) is 5.88. The lowest BCUT2D eigenvalue weighted by Crippen LogP contribution is -2.34. The van der Waals surface area contributed by atoms with Crippen LogP contribution < -0.4 is 10.9 Å². The van der Waals surface area contributed by atoms with E-state index in [4.69, 9.17) is 0 Å². The molecule has 1 aliphatic heterocycles. The molecule has 0 aliphatic carbocycles. The summed E-state index contributed by atoms with van der Waals surface area (Å²) in [7, 11) is 0. The van der Waals surface area contributed by atoms with Crippen molar-refractivity contribution in [2.24, 2.45) is 0 Å². The number of nitrogens with one attached hydrogen (secondary N) is 1. The van der Waals surface area contributed by atoms with Gasteiger partial charge in [0, 0.05) is 24.5 Å². The molecule has 0 aromatic carbocycles. The summed E-state index contributed by atoms with van der Waals surface area (Å²) in [5.41, 5.74) is 1.69. The van der Waals surface area contributed by atoms with Gasteiger partial charge in [-0.25, -0.2) is 15.0 Å². The van der Waals surface area contributed by atoms with Gasteiger partial charge in [0.1, 0.15) is 5.82 Å². The maximum absolute atomic E-state index is 12.3. The van der Waals surface area contributed by atoms with Gasteiger partial charge in [0.15, 0.2) is 0 Å². The Bertz CT molecular complexity index is 608. The van der Waals surface area contributed by atoms with Crippen molar-refractivity contribution in [2.45, 2.75) is 19.5 Å². The van der Waals surface area contributed by atoms with Gasteiger partial charge in [0.2, 0.25) is 0 Å². The Morgan fingerprint density at radius 1 is 1.28 bits per heavy atom. The van der Waals surface area contributed by atoms with Crippen molar-refractivity contribution in [2.75, 3.05) is 6.54 Å². The zero-order valence-electron chi connectivity index (χ0n) is 9.83.